The first-order valence-electron chi connectivity index (χ1n) is 6.49. The summed E-state index contributed by atoms with van der Waals surface area (Å²) in [5, 5.41) is 11.2. The van der Waals surface area contributed by atoms with Crippen LogP contribution in [0.4, 0.5) is 11.4 Å². The smallest absolute Gasteiger partial charge is 0.319 e. The lowest BCUT2D eigenvalue weighted by Gasteiger charge is -2.35. The molecule has 0 amide bonds. The van der Waals surface area contributed by atoms with Gasteiger partial charge in [-0.05, 0) is 34.7 Å². The molecule has 2 rings (SSSR count). The molecule has 0 saturated carbocycles. The summed E-state index contributed by atoms with van der Waals surface area (Å²) in [6.45, 7) is 2.92. The van der Waals surface area contributed by atoms with Crippen molar-refractivity contribution < 1.29 is 14.5 Å². The normalized spacial score (nSPS) is 15.8. The van der Waals surface area contributed by atoms with Gasteiger partial charge in [0.1, 0.15) is 5.69 Å². The van der Waals surface area contributed by atoms with Crippen LogP contribution in [0.25, 0.3) is 0 Å². The molecule has 0 bridgehead atoms. The molecule has 1 aliphatic rings. The van der Waals surface area contributed by atoms with Gasteiger partial charge in [-0.2, -0.15) is 0 Å². The van der Waals surface area contributed by atoms with Crippen molar-refractivity contribution in [3.63, 3.8) is 0 Å². The van der Waals surface area contributed by atoms with Crippen LogP contribution in [0.3, 0.4) is 0 Å². The Morgan fingerprint density at radius 2 is 2.05 bits per heavy atom. The van der Waals surface area contributed by atoms with Crippen molar-refractivity contribution >= 4 is 39.9 Å². The summed E-state index contributed by atoms with van der Waals surface area (Å²) in [7, 11) is 1.37. The summed E-state index contributed by atoms with van der Waals surface area (Å²) in [4.78, 5) is 26.0. The molecule has 8 heteroatoms. The van der Waals surface area contributed by atoms with Crippen LogP contribution in [0.2, 0.25) is 0 Å². The topological polar surface area (TPSA) is 75.9 Å². The number of carbonyl (C=O) groups excluding carboxylic acids is 1. The van der Waals surface area contributed by atoms with Gasteiger partial charge in [0.15, 0.2) is 0 Å². The zero-order valence-electron chi connectivity index (χ0n) is 11.6. The first-order chi connectivity index (χ1) is 10.0. The summed E-state index contributed by atoms with van der Waals surface area (Å²) in [5.74, 6) is -0.260. The number of nitro benzene ring substituents is 1. The van der Waals surface area contributed by atoms with Crippen LogP contribution >= 0.6 is 22.6 Å². The van der Waals surface area contributed by atoms with Crippen LogP contribution in [0.15, 0.2) is 18.2 Å². The Bertz CT molecular complexity index is 544. The van der Waals surface area contributed by atoms with E-state index in [1.54, 1.807) is 12.1 Å². The zero-order valence-corrected chi connectivity index (χ0v) is 13.8. The number of nitrogens with zero attached hydrogens (tertiary/aromatic N) is 3. The Morgan fingerprint density at radius 3 is 2.62 bits per heavy atom. The van der Waals surface area contributed by atoms with E-state index in [2.05, 4.69) is 27.3 Å². The van der Waals surface area contributed by atoms with Gasteiger partial charge in [-0.25, -0.2) is 0 Å². The fraction of sp³-hybridized carbons (Fsp3) is 0.462. The molecule has 114 valence electrons. The highest BCUT2D eigenvalue weighted by Crippen LogP contribution is 2.30. The highest BCUT2D eigenvalue weighted by atomic mass is 127. The number of rotatable bonds is 4. The standard InChI is InChI=1S/C13H16IN3O4/c1-21-13(18)9-15-4-6-16(7-5-15)11-3-2-10(14)8-12(11)17(19)20/h2-3,8H,4-7,9H2,1H3. The quantitative estimate of drug-likeness (QED) is 0.327. The van der Waals surface area contributed by atoms with Crippen molar-refractivity contribution in [2.24, 2.45) is 0 Å². The molecule has 21 heavy (non-hydrogen) atoms. The maximum absolute atomic E-state index is 11.2. The lowest BCUT2D eigenvalue weighted by Crippen LogP contribution is -2.48. The van der Waals surface area contributed by atoms with E-state index < -0.39 is 0 Å². The largest absolute Gasteiger partial charge is 0.468 e. The Morgan fingerprint density at radius 1 is 1.38 bits per heavy atom. The molecule has 1 saturated heterocycles. The number of methoxy groups -OCH3 is 1. The van der Waals surface area contributed by atoms with Crippen LogP contribution in [0, 0.1) is 13.7 Å². The number of benzene rings is 1. The van der Waals surface area contributed by atoms with E-state index in [0.717, 1.165) is 3.57 Å². The number of hydrogen-bond acceptors (Lipinski definition) is 6. The van der Waals surface area contributed by atoms with Gasteiger partial charge in [0.25, 0.3) is 5.69 Å². The van der Waals surface area contributed by atoms with Crippen molar-refractivity contribution in [1.82, 2.24) is 4.90 Å². The van der Waals surface area contributed by atoms with Gasteiger partial charge in [0, 0.05) is 35.8 Å². The molecule has 0 radical (unpaired) electrons. The number of ether oxygens (including phenoxy) is 1. The van der Waals surface area contributed by atoms with E-state index in [1.165, 1.54) is 7.11 Å². The summed E-state index contributed by atoms with van der Waals surface area (Å²) in [6.07, 6.45) is 0. The van der Waals surface area contributed by atoms with Crippen molar-refractivity contribution in [3.05, 3.63) is 31.9 Å². The summed E-state index contributed by atoms with van der Waals surface area (Å²) < 4.78 is 5.48. The third-order valence-corrected chi connectivity index (χ3v) is 4.10. The predicted molar refractivity (Wildman–Crippen MR) is 86.5 cm³/mol. The first kappa shape index (κ1) is 16.0. The summed E-state index contributed by atoms with van der Waals surface area (Å²) in [5.41, 5.74) is 0.765. The number of anilines is 1. The van der Waals surface area contributed by atoms with Crippen LogP contribution in [-0.4, -0.2) is 55.6 Å². The van der Waals surface area contributed by atoms with E-state index in [9.17, 15) is 14.9 Å². The summed E-state index contributed by atoms with van der Waals surface area (Å²) in [6, 6.07) is 5.23. The molecule has 0 aliphatic carbocycles. The molecule has 1 aliphatic heterocycles. The van der Waals surface area contributed by atoms with Crippen molar-refractivity contribution in [3.8, 4) is 0 Å². The maximum atomic E-state index is 11.2. The second-order valence-electron chi connectivity index (χ2n) is 4.73. The third kappa shape index (κ3) is 4.03. The molecule has 1 fully saturated rings. The Kier molecular flexibility index (Phi) is 5.34. The van der Waals surface area contributed by atoms with E-state index in [-0.39, 0.29) is 23.1 Å². The van der Waals surface area contributed by atoms with Gasteiger partial charge in [0.2, 0.25) is 0 Å². The highest BCUT2D eigenvalue weighted by Gasteiger charge is 2.24. The van der Waals surface area contributed by atoms with Crippen LogP contribution < -0.4 is 4.90 Å². The molecule has 0 spiro atoms. The van der Waals surface area contributed by atoms with Crippen LogP contribution in [0.5, 0.6) is 0 Å². The number of nitro groups is 1. The number of piperazine rings is 1. The monoisotopic (exact) mass is 405 g/mol. The first-order valence-corrected chi connectivity index (χ1v) is 7.57. The molecule has 1 heterocycles. The van der Waals surface area contributed by atoms with Crippen molar-refractivity contribution in [1.29, 1.82) is 0 Å². The fourth-order valence-corrected chi connectivity index (χ4v) is 2.78. The van der Waals surface area contributed by atoms with Gasteiger partial charge in [-0.15, -0.1) is 0 Å². The molecule has 0 N–H and O–H groups in total. The molecular formula is C13H16IN3O4. The third-order valence-electron chi connectivity index (χ3n) is 3.43. The van der Waals surface area contributed by atoms with Gasteiger partial charge in [-0.3, -0.25) is 19.8 Å². The number of halogens is 1. The SMILES string of the molecule is COC(=O)CN1CCN(c2ccc(I)cc2[N+](=O)[O-])CC1. The van der Waals surface area contributed by atoms with E-state index >= 15 is 0 Å². The fourth-order valence-electron chi connectivity index (χ4n) is 2.30. The predicted octanol–water partition coefficient (Wildman–Crippen LogP) is 1.49. The number of carbonyl (C=O) groups is 1. The molecule has 1 aromatic carbocycles. The number of hydrogen-bond donors (Lipinski definition) is 0. The van der Waals surface area contributed by atoms with Gasteiger partial charge in [-0.1, -0.05) is 0 Å². The minimum atomic E-state index is -0.349. The minimum Gasteiger partial charge on any atom is -0.468 e. The molecule has 0 unspecified atom stereocenters. The second kappa shape index (κ2) is 7.03. The molecule has 0 aromatic heterocycles. The van der Waals surface area contributed by atoms with Gasteiger partial charge < -0.3 is 9.64 Å². The van der Waals surface area contributed by atoms with Gasteiger partial charge in [0.05, 0.1) is 18.6 Å². The van der Waals surface area contributed by atoms with Gasteiger partial charge >= 0.3 is 5.97 Å². The lowest BCUT2D eigenvalue weighted by molar-refractivity contribution is -0.384. The maximum Gasteiger partial charge on any atom is 0.319 e. The Hall–Kier alpha value is -1.42. The Labute approximate surface area is 136 Å². The molecule has 7 nitrogen and oxygen atoms in total. The molecule has 1 aromatic rings. The highest BCUT2D eigenvalue weighted by molar-refractivity contribution is 14.1. The number of esters is 1. The van der Waals surface area contributed by atoms with Crippen LogP contribution in [-0.2, 0) is 9.53 Å². The average molecular weight is 405 g/mol. The van der Waals surface area contributed by atoms with Crippen molar-refractivity contribution in [2.45, 2.75) is 0 Å². The van der Waals surface area contributed by atoms with Crippen LogP contribution in [0.1, 0.15) is 0 Å². The van der Waals surface area contributed by atoms with Crippen molar-refractivity contribution in [2.75, 3.05) is 44.7 Å². The summed E-state index contributed by atoms with van der Waals surface area (Å²) >= 11 is 2.06. The zero-order chi connectivity index (χ0) is 15.4. The molecule has 0 atom stereocenters. The second-order valence-corrected chi connectivity index (χ2v) is 5.98. The molecular weight excluding hydrogens is 389 g/mol. The van der Waals surface area contributed by atoms with E-state index in [1.807, 2.05) is 15.9 Å². The van der Waals surface area contributed by atoms with E-state index in [0.29, 0.717) is 31.9 Å². The Balaban J connectivity index is 2.05. The minimum absolute atomic E-state index is 0.128. The average Bonchev–Trinajstić information content (AvgIpc) is 2.48. The lowest BCUT2D eigenvalue weighted by atomic mass is 10.2. The van der Waals surface area contributed by atoms with E-state index in [4.69, 9.17) is 0 Å².